The Hall–Kier alpha value is -2.69. The zero-order chi connectivity index (χ0) is 19.8. The lowest BCUT2D eigenvalue weighted by Crippen LogP contribution is -2.49. The number of alkyl halides is 2. The topological polar surface area (TPSA) is 96.3 Å². The highest BCUT2D eigenvalue weighted by molar-refractivity contribution is 7.99. The molecule has 27 heavy (non-hydrogen) atoms. The number of aromatic nitrogens is 2. The van der Waals surface area contributed by atoms with Gasteiger partial charge in [0.1, 0.15) is 5.54 Å². The fourth-order valence-corrected chi connectivity index (χ4v) is 3.43. The molecule has 0 spiro atoms. The van der Waals surface area contributed by atoms with Crippen molar-refractivity contribution in [3.05, 3.63) is 24.3 Å². The summed E-state index contributed by atoms with van der Waals surface area (Å²) in [5.74, 6) is -1.56. The van der Waals surface area contributed by atoms with Crippen molar-refractivity contribution in [2.45, 2.75) is 37.5 Å². The first-order valence-electron chi connectivity index (χ1n) is 8.11. The quantitative estimate of drug-likeness (QED) is 0.576. The van der Waals surface area contributed by atoms with Gasteiger partial charge in [-0.3, -0.25) is 19.6 Å². The number of carbonyl (C=O) groups excluding carboxylic acids is 3. The third-order valence-corrected chi connectivity index (χ3v) is 5.25. The Labute approximate surface area is 157 Å². The van der Waals surface area contributed by atoms with E-state index in [1.165, 1.54) is 6.07 Å². The number of amides is 4. The number of urea groups is 1. The molecule has 1 aliphatic heterocycles. The van der Waals surface area contributed by atoms with Crippen LogP contribution in [0.5, 0.6) is 0 Å². The number of imidazole rings is 1. The minimum Gasteiger partial charge on any atom is -0.322 e. The fourth-order valence-electron chi connectivity index (χ4n) is 2.63. The van der Waals surface area contributed by atoms with Crippen molar-refractivity contribution >= 4 is 40.6 Å². The number of hydrogen-bond donors (Lipinski definition) is 2. The van der Waals surface area contributed by atoms with E-state index < -0.39 is 29.9 Å². The number of nitrogens with zero attached hydrogens (tertiary/aromatic N) is 3. The highest BCUT2D eigenvalue weighted by atomic mass is 32.2. The highest BCUT2D eigenvalue weighted by Crippen LogP contribution is 2.29. The van der Waals surface area contributed by atoms with Gasteiger partial charge in [0.15, 0.2) is 5.16 Å². The van der Waals surface area contributed by atoms with Crippen LogP contribution in [-0.2, 0) is 9.59 Å². The monoisotopic (exact) mass is 397 g/mol. The second-order valence-corrected chi connectivity index (χ2v) is 7.05. The summed E-state index contributed by atoms with van der Waals surface area (Å²) in [6.45, 7) is 0.465. The van der Waals surface area contributed by atoms with Crippen LogP contribution in [0, 0.1) is 0 Å². The molecule has 144 valence electrons. The third kappa shape index (κ3) is 3.46. The molecule has 1 aliphatic rings. The largest absolute Gasteiger partial charge is 0.344 e. The number of nitrogens with one attached hydrogen (secondary N) is 2. The SMILES string of the molecule is CCC1(C)NC(=O)N(NC(=O)CSc2nc3ccccc3n2C(F)F)C1=O. The van der Waals surface area contributed by atoms with Gasteiger partial charge >= 0.3 is 12.6 Å². The minimum atomic E-state index is -2.82. The van der Waals surface area contributed by atoms with Gasteiger partial charge in [0, 0.05) is 0 Å². The molecular formula is C16H17F2N5O3S. The first-order chi connectivity index (χ1) is 12.8. The van der Waals surface area contributed by atoms with E-state index in [0.29, 0.717) is 16.9 Å². The number of imide groups is 1. The zero-order valence-electron chi connectivity index (χ0n) is 14.5. The summed E-state index contributed by atoms with van der Waals surface area (Å²) in [6.07, 6.45) is 0.358. The molecule has 2 N–H and O–H groups in total. The smallest absolute Gasteiger partial charge is 0.322 e. The molecule has 1 unspecified atom stereocenters. The van der Waals surface area contributed by atoms with Crippen molar-refractivity contribution in [1.82, 2.24) is 25.3 Å². The number of carbonyl (C=O) groups is 3. The van der Waals surface area contributed by atoms with E-state index in [0.717, 1.165) is 16.3 Å². The molecule has 8 nitrogen and oxygen atoms in total. The average molecular weight is 397 g/mol. The van der Waals surface area contributed by atoms with Crippen LogP contribution in [0.1, 0.15) is 26.8 Å². The van der Waals surface area contributed by atoms with Crippen LogP contribution >= 0.6 is 11.8 Å². The fraction of sp³-hybridized carbons (Fsp3) is 0.375. The van der Waals surface area contributed by atoms with Crippen LogP contribution in [0.15, 0.2) is 29.4 Å². The Balaban J connectivity index is 1.70. The molecule has 11 heteroatoms. The first-order valence-corrected chi connectivity index (χ1v) is 9.09. The molecule has 1 saturated heterocycles. The van der Waals surface area contributed by atoms with Crippen LogP contribution in [0.4, 0.5) is 13.6 Å². The van der Waals surface area contributed by atoms with Crippen LogP contribution in [0.2, 0.25) is 0 Å². The lowest BCUT2D eigenvalue weighted by Gasteiger charge is -2.19. The summed E-state index contributed by atoms with van der Waals surface area (Å²) >= 11 is 0.791. The van der Waals surface area contributed by atoms with Gasteiger partial charge in [-0.2, -0.15) is 13.8 Å². The number of halogens is 2. The van der Waals surface area contributed by atoms with Crippen molar-refractivity contribution in [2.24, 2.45) is 0 Å². The molecule has 1 aromatic carbocycles. The van der Waals surface area contributed by atoms with Crippen molar-refractivity contribution in [1.29, 1.82) is 0 Å². The van der Waals surface area contributed by atoms with Crippen molar-refractivity contribution in [3.63, 3.8) is 0 Å². The van der Waals surface area contributed by atoms with E-state index >= 15 is 0 Å². The van der Waals surface area contributed by atoms with Crippen LogP contribution in [-0.4, -0.2) is 43.7 Å². The minimum absolute atomic E-state index is 0.0306. The summed E-state index contributed by atoms with van der Waals surface area (Å²) in [5.41, 5.74) is 1.76. The number of para-hydroxylation sites is 2. The Kier molecular flexibility index (Phi) is 5.05. The second-order valence-electron chi connectivity index (χ2n) is 6.11. The Morgan fingerprint density at radius 3 is 2.70 bits per heavy atom. The summed E-state index contributed by atoms with van der Waals surface area (Å²) in [6, 6.07) is 5.66. The van der Waals surface area contributed by atoms with Gasteiger partial charge < -0.3 is 5.32 Å². The number of benzene rings is 1. The third-order valence-electron chi connectivity index (χ3n) is 4.30. The lowest BCUT2D eigenvalue weighted by molar-refractivity contribution is -0.137. The van der Waals surface area contributed by atoms with Crippen molar-refractivity contribution in [2.75, 3.05) is 5.75 Å². The Morgan fingerprint density at radius 1 is 1.37 bits per heavy atom. The first kappa shape index (κ1) is 19.1. The predicted octanol–water partition coefficient (Wildman–Crippen LogP) is 2.28. The van der Waals surface area contributed by atoms with Gasteiger partial charge in [-0.25, -0.2) is 9.78 Å². The van der Waals surface area contributed by atoms with Crippen LogP contribution in [0.25, 0.3) is 11.0 Å². The maximum Gasteiger partial charge on any atom is 0.344 e. The zero-order valence-corrected chi connectivity index (χ0v) is 15.3. The number of thioether (sulfide) groups is 1. The number of fused-ring (bicyclic) bond motifs is 1. The molecule has 3 rings (SSSR count). The van der Waals surface area contributed by atoms with Gasteiger partial charge in [-0.15, -0.1) is 0 Å². The maximum atomic E-state index is 13.4. The molecule has 0 saturated carbocycles. The molecule has 0 bridgehead atoms. The molecule has 1 aromatic heterocycles. The standard InChI is InChI=1S/C16H17F2N5O3S/c1-3-16(2)12(25)23(14(26)20-16)21-11(24)8-27-15-19-9-6-4-5-7-10(9)22(15)13(17)18/h4-7,13H,3,8H2,1-2H3,(H,20,26)(H,21,24). The number of hydrogen-bond acceptors (Lipinski definition) is 5. The molecular weight excluding hydrogens is 380 g/mol. The van der Waals surface area contributed by atoms with Gasteiger partial charge in [0.2, 0.25) is 5.91 Å². The molecule has 1 fully saturated rings. The van der Waals surface area contributed by atoms with E-state index in [2.05, 4.69) is 15.7 Å². The van der Waals surface area contributed by atoms with E-state index in [1.54, 1.807) is 32.0 Å². The molecule has 2 aromatic rings. The van der Waals surface area contributed by atoms with Crippen molar-refractivity contribution < 1.29 is 23.2 Å². The predicted molar refractivity (Wildman–Crippen MR) is 93.9 cm³/mol. The van der Waals surface area contributed by atoms with Gasteiger partial charge in [0.05, 0.1) is 16.8 Å². The van der Waals surface area contributed by atoms with E-state index in [1.807, 2.05) is 0 Å². The average Bonchev–Trinajstić information content (AvgIpc) is 3.11. The van der Waals surface area contributed by atoms with E-state index in [9.17, 15) is 23.2 Å². The summed E-state index contributed by atoms with van der Waals surface area (Å²) < 4.78 is 27.5. The Morgan fingerprint density at radius 2 is 2.07 bits per heavy atom. The highest BCUT2D eigenvalue weighted by Gasteiger charge is 2.47. The van der Waals surface area contributed by atoms with Gasteiger partial charge in [-0.1, -0.05) is 30.8 Å². The molecule has 2 heterocycles. The van der Waals surface area contributed by atoms with Crippen LogP contribution < -0.4 is 10.7 Å². The molecule has 1 atom stereocenters. The number of hydrazine groups is 1. The second kappa shape index (κ2) is 7.14. The van der Waals surface area contributed by atoms with Crippen LogP contribution in [0.3, 0.4) is 0 Å². The molecule has 0 radical (unpaired) electrons. The van der Waals surface area contributed by atoms with Gasteiger partial charge in [0.25, 0.3) is 5.91 Å². The summed E-state index contributed by atoms with van der Waals surface area (Å²) in [5, 5.41) is 3.08. The Bertz CT molecular complexity index is 919. The normalized spacial score (nSPS) is 19.8. The van der Waals surface area contributed by atoms with E-state index in [4.69, 9.17) is 0 Å². The summed E-state index contributed by atoms with van der Waals surface area (Å²) in [4.78, 5) is 40.4. The number of rotatable bonds is 6. The maximum absolute atomic E-state index is 13.4. The summed E-state index contributed by atoms with van der Waals surface area (Å²) in [7, 11) is 0. The lowest BCUT2D eigenvalue weighted by atomic mass is 10.00. The van der Waals surface area contributed by atoms with E-state index in [-0.39, 0.29) is 16.4 Å². The van der Waals surface area contributed by atoms with Gasteiger partial charge in [-0.05, 0) is 25.5 Å². The molecule has 0 aliphatic carbocycles. The van der Waals surface area contributed by atoms with Crippen molar-refractivity contribution in [3.8, 4) is 0 Å². The molecule has 4 amide bonds.